The molecule has 0 radical (unpaired) electrons. The molecule has 0 aromatic rings. The summed E-state index contributed by atoms with van der Waals surface area (Å²) in [6.07, 6.45) is 5.38. The van der Waals surface area contributed by atoms with Gasteiger partial charge in [0.1, 0.15) is 0 Å². The van der Waals surface area contributed by atoms with Gasteiger partial charge in [0.25, 0.3) is 0 Å². The second-order valence-corrected chi connectivity index (χ2v) is 5.90. The van der Waals surface area contributed by atoms with Crippen LogP contribution in [0, 0.1) is 17.8 Å². The molecule has 0 amide bonds. The van der Waals surface area contributed by atoms with Crippen molar-refractivity contribution in [1.29, 1.82) is 0 Å². The molecule has 0 spiro atoms. The Balaban J connectivity index is 2.01. The summed E-state index contributed by atoms with van der Waals surface area (Å²) in [6, 6.07) is 0. The standard InChI is InChI=1S/C11H19NO/c1-7-9-2-8-3-10(13,5-9)6-11(7,12)4-8/h7-9,13H,2-6,12H2,1H3. The third kappa shape index (κ3) is 0.962. The van der Waals surface area contributed by atoms with Gasteiger partial charge in [-0.3, -0.25) is 0 Å². The zero-order valence-electron chi connectivity index (χ0n) is 8.29. The van der Waals surface area contributed by atoms with Gasteiger partial charge in [0, 0.05) is 5.54 Å². The van der Waals surface area contributed by atoms with Crippen LogP contribution in [-0.4, -0.2) is 16.2 Å². The van der Waals surface area contributed by atoms with Crippen molar-refractivity contribution in [2.24, 2.45) is 23.5 Å². The Kier molecular flexibility index (Phi) is 1.34. The van der Waals surface area contributed by atoms with E-state index in [1.165, 1.54) is 6.42 Å². The van der Waals surface area contributed by atoms with Crippen LogP contribution in [0.25, 0.3) is 0 Å². The van der Waals surface area contributed by atoms with Crippen molar-refractivity contribution in [2.75, 3.05) is 0 Å². The van der Waals surface area contributed by atoms with Crippen LogP contribution in [0.4, 0.5) is 0 Å². The Bertz CT molecular complexity index is 254. The molecule has 0 aliphatic heterocycles. The molecule has 4 bridgehead atoms. The third-order valence-electron chi connectivity index (χ3n) is 4.89. The Morgan fingerprint density at radius 3 is 2.69 bits per heavy atom. The van der Waals surface area contributed by atoms with Gasteiger partial charge in [0.2, 0.25) is 0 Å². The maximum atomic E-state index is 10.3. The van der Waals surface area contributed by atoms with Crippen LogP contribution in [0.5, 0.6) is 0 Å². The second-order valence-electron chi connectivity index (χ2n) is 5.90. The molecule has 0 aromatic heterocycles. The van der Waals surface area contributed by atoms with E-state index in [2.05, 4.69) is 6.92 Å². The lowest BCUT2D eigenvalue weighted by Gasteiger charge is -2.62. The van der Waals surface area contributed by atoms with E-state index in [0.717, 1.165) is 31.6 Å². The maximum absolute atomic E-state index is 10.3. The van der Waals surface area contributed by atoms with E-state index in [1.807, 2.05) is 0 Å². The number of hydrogen-bond acceptors (Lipinski definition) is 2. The molecule has 0 aromatic carbocycles. The van der Waals surface area contributed by atoms with Crippen molar-refractivity contribution in [3.05, 3.63) is 0 Å². The van der Waals surface area contributed by atoms with E-state index >= 15 is 0 Å². The fourth-order valence-electron chi connectivity index (χ4n) is 4.42. The molecule has 74 valence electrons. The minimum atomic E-state index is -0.382. The van der Waals surface area contributed by atoms with Crippen LogP contribution in [0.15, 0.2) is 0 Å². The lowest BCUT2D eigenvalue weighted by atomic mass is 9.47. The molecule has 4 aliphatic rings. The molecule has 4 rings (SSSR count). The van der Waals surface area contributed by atoms with Crippen molar-refractivity contribution in [3.8, 4) is 0 Å². The van der Waals surface area contributed by atoms with Gasteiger partial charge in [-0.25, -0.2) is 0 Å². The van der Waals surface area contributed by atoms with Crippen molar-refractivity contribution < 1.29 is 5.11 Å². The molecule has 13 heavy (non-hydrogen) atoms. The van der Waals surface area contributed by atoms with Crippen molar-refractivity contribution in [1.82, 2.24) is 0 Å². The lowest BCUT2D eigenvalue weighted by Crippen LogP contribution is -2.67. The van der Waals surface area contributed by atoms with E-state index < -0.39 is 0 Å². The molecule has 0 saturated heterocycles. The van der Waals surface area contributed by atoms with Gasteiger partial charge in [-0.2, -0.15) is 0 Å². The molecule has 3 N–H and O–H groups in total. The quantitative estimate of drug-likeness (QED) is 0.591. The van der Waals surface area contributed by atoms with Crippen molar-refractivity contribution in [3.63, 3.8) is 0 Å². The summed E-state index contributed by atoms with van der Waals surface area (Å²) in [5.41, 5.74) is 5.98. The van der Waals surface area contributed by atoms with Crippen LogP contribution >= 0.6 is 0 Å². The first-order valence-electron chi connectivity index (χ1n) is 5.52. The van der Waals surface area contributed by atoms with E-state index in [1.54, 1.807) is 0 Å². The maximum Gasteiger partial charge on any atom is 0.0670 e. The van der Waals surface area contributed by atoms with E-state index in [4.69, 9.17) is 5.73 Å². The van der Waals surface area contributed by atoms with Crippen LogP contribution < -0.4 is 5.73 Å². The van der Waals surface area contributed by atoms with Gasteiger partial charge in [-0.1, -0.05) is 6.92 Å². The van der Waals surface area contributed by atoms with Crippen LogP contribution in [0.2, 0.25) is 0 Å². The van der Waals surface area contributed by atoms with Crippen LogP contribution in [0.3, 0.4) is 0 Å². The van der Waals surface area contributed by atoms with Gasteiger partial charge < -0.3 is 10.8 Å². The molecular weight excluding hydrogens is 162 g/mol. The van der Waals surface area contributed by atoms with E-state index in [0.29, 0.717) is 11.8 Å². The van der Waals surface area contributed by atoms with Gasteiger partial charge in [-0.05, 0) is 49.9 Å². The smallest absolute Gasteiger partial charge is 0.0670 e. The number of rotatable bonds is 0. The predicted octanol–water partition coefficient (Wildman–Crippen LogP) is 1.27. The highest BCUT2D eigenvalue weighted by Gasteiger charge is 2.59. The Hall–Kier alpha value is -0.0800. The topological polar surface area (TPSA) is 46.2 Å². The van der Waals surface area contributed by atoms with Crippen LogP contribution in [-0.2, 0) is 0 Å². The highest BCUT2D eigenvalue weighted by molar-refractivity contribution is 5.13. The zero-order valence-corrected chi connectivity index (χ0v) is 8.29. The first-order valence-corrected chi connectivity index (χ1v) is 5.52. The number of hydrogen-bond donors (Lipinski definition) is 2. The molecule has 4 aliphatic carbocycles. The predicted molar refractivity (Wildman–Crippen MR) is 51.1 cm³/mol. The SMILES string of the molecule is CC1C2CC3CC(O)(C2)CC1(N)C3. The monoisotopic (exact) mass is 181 g/mol. The van der Waals surface area contributed by atoms with Crippen LogP contribution in [0.1, 0.15) is 39.0 Å². The minimum Gasteiger partial charge on any atom is -0.390 e. The van der Waals surface area contributed by atoms with E-state index in [9.17, 15) is 5.11 Å². The van der Waals surface area contributed by atoms with Gasteiger partial charge in [0.15, 0.2) is 0 Å². The average molecular weight is 181 g/mol. The van der Waals surface area contributed by atoms with Gasteiger partial charge in [-0.15, -0.1) is 0 Å². The first-order chi connectivity index (χ1) is 6.01. The molecule has 2 heteroatoms. The highest BCUT2D eigenvalue weighted by Crippen LogP contribution is 2.58. The average Bonchev–Trinajstić information content (AvgIpc) is 1.96. The second kappa shape index (κ2) is 2.12. The summed E-state index contributed by atoms with van der Waals surface area (Å²) >= 11 is 0. The largest absolute Gasteiger partial charge is 0.390 e. The normalized spacial score (nSPS) is 64.4. The Morgan fingerprint density at radius 1 is 1.31 bits per heavy atom. The molecule has 4 saturated carbocycles. The summed E-state index contributed by atoms with van der Waals surface area (Å²) in [5.74, 6) is 2.05. The summed E-state index contributed by atoms with van der Waals surface area (Å²) in [5, 5.41) is 10.3. The number of nitrogens with two attached hydrogens (primary N) is 1. The molecule has 2 nitrogen and oxygen atoms in total. The summed E-state index contributed by atoms with van der Waals surface area (Å²) in [7, 11) is 0. The van der Waals surface area contributed by atoms with Crippen molar-refractivity contribution in [2.45, 2.75) is 50.2 Å². The molecule has 5 unspecified atom stereocenters. The fourth-order valence-corrected chi connectivity index (χ4v) is 4.42. The van der Waals surface area contributed by atoms with Gasteiger partial charge in [0.05, 0.1) is 5.60 Å². The molecular formula is C11H19NO. The van der Waals surface area contributed by atoms with E-state index in [-0.39, 0.29) is 11.1 Å². The molecule has 0 heterocycles. The first kappa shape index (κ1) is 8.25. The van der Waals surface area contributed by atoms with Gasteiger partial charge >= 0.3 is 0 Å². The Labute approximate surface area is 79.5 Å². The minimum absolute atomic E-state index is 0.0289. The molecule has 5 atom stereocenters. The molecule has 4 fully saturated rings. The summed E-state index contributed by atoms with van der Waals surface area (Å²) < 4.78 is 0. The third-order valence-corrected chi connectivity index (χ3v) is 4.89. The lowest BCUT2D eigenvalue weighted by molar-refractivity contribution is -0.157. The van der Waals surface area contributed by atoms with Crippen molar-refractivity contribution >= 4 is 0 Å². The zero-order chi connectivity index (χ0) is 9.27. The summed E-state index contributed by atoms with van der Waals surface area (Å²) in [4.78, 5) is 0. The summed E-state index contributed by atoms with van der Waals surface area (Å²) in [6.45, 7) is 2.28. The number of aliphatic hydroxyl groups is 1. The fraction of sp³-hybridized carbons (Fsp3) is 1.00. The Morgan fingerprint density at radius 2 is 2.08 bits per heavy atom. The highest BCUT2D eigenvalue weighted by atomic mass is 16.3.